The van der Waals surface area contributed by atoms with E-state index in [0.717, 1.165) is 11.8 Å². The summed E-state index contributed by atoms with van der Waals surface area (Å²) in [7, 11) is 0. The predicted octanol–water partition coefficient (Wildman–Crippen LogP) is 3.32. The van der Waals surface area contributed by atoms with E-state index in [1.807, 2.05) is 20.8 Å². The molecule has 1 atom stereocenters. The van der Waals surface area contributed by atoms with Crippen LogP contribution in [0, 0.1) is 5.92 Å². The molecule has 4 heteroatoms. The number of ether oxygens (including phenoxy) is 1. The van der Waals surface area contributed by atoms with Gasteiger partial charge in [-0.25, -0.2) is 4.79 Å². The molecular weight excluding hydrogens is 258 g/mol. The number of carbonyl (C=O) groups excluding carboxylic acids is 1. The summed E-state index contributed by atoms with van der Waals surface area (Å²) >= 11 is 3.38. The minimum absolute atomic E-state index is 0.166. The van der Waals surface area contributed by atoms with Crippen LogP contribution >= 0.6 is 15.9 Å². The summed E-state index contributed by atoms with van der Waals surface area (Å²) in [6.45, 7) is 9.76. The first-order valence-corrected chi connectivity index (χ1v) is 6.44. The van der Waals surface area contributed by atoms with Crippen LogP contribution in [0.3, 0.4) is 0 Å². The Bertz CT molecular complexity index is 199. The molecule has 90 valence electrons. The molecule has 0 aliphatic rings. The van der Waals surface area contributed by atoms with Gasteiger partial charge in [0, 0.05) is 11.4 Å². The Morgan fingerprint density at radius 2 is 1.93 bits per heavy atom. The number of hydrogen-bond donors (Lipinski definition) is 1. The first-order valence-electron chi connectivity index (χ1n) is 5.31. The number of nitrogens with one attached hydrogen (secondary N) is 1. The third-order valence-electron chi connectivity index (χ3n) is 1.93. The summed E-state index contributed by atoms with van der Waals surface area (Å²) in [4.78, 5) is 11.5. The molecule has 0 radical (unpaired) electrons. The molecule has 0 aliphatic carbocycles. The molecule has 0 aromatic heterocycles. The minimum atomic E-state index is -0.431. The average Bonchev–Trinajstić information content (AvgIpc) is 1.99. The first kappa shape index (κ1) is 14.8. The van der Waals surface area contributed by atoms with Gasteiger partial charge in [-0.15, -0.1) is 0 Å². The van der Waals surface area contributed by atoms with Crippen LogP contribution in [0.2, 0.25) is 0 Å². The second-order valence-corrected chi connectivity index (χ2v) is 5.77. The van der Waals surface area contributed by atoms with Crippen molar-refractivity contribution in [2.45, 2.75) is 52.7 Å². The molecule has 0 fully saturated rings. The van der Waals surface area contributed by atoms with Crippen LogP contribution in [-0.4, -0.2) is 23.1 Å². The van der Waals surface area contributed by atoms with Crippen molar-refractivity contribution in [1.29, 1.82) is 0 Å². The maximum Gasteiger partial charge on any atom is 0.407 e. The normalized spacial score (nSPS) is 13.8. The van der Waals surface area contributed by atoms with Crippen LogP contribution in [0.15, 0.2) is 0 Å². The molecular formula is C11H22BrNO2. The number of carbonyl (C=O) groups is 1. The van der Waals surface area contributed by atoms with E-state index in [0.29, 0.717) is 5.92 Å². The van der Waals surface area contributed by atoms with E-state index in [2.05, 4.69) is 35.1 Å². The second-order valence-electron chi connectivity index (χ2n) is 4.97. The van der Waals surface area contributed by atoms with Gasteiger partial charge in [0.05, 0.1) is 0 Å². The number of amides is 1. The molecule has 0 rings (SSSR count). The molecule has 0 aliphatic heterocycles. The highest BCUT2D eigenvalue weighted by Gasteiger charge is 2.20. The molecule has 0 saturated carbocycles. The van der Waals surface area contributed by atoms with Gasteiger partial charge in [0.25, 0.3) is 0 Å². The Labute approximate surface area is 101 Å². The Balaban J connectivity index is 4.11. The van der Waals surface area contributed by atoms with Crippen LogP contribution in [0.1, 0.15) is 41.0 Å². The SMILES string of the molecule is CC(C)[C@@H](CCBr)NC(=O)OC(C)(C)C. The van der Waals surface area contributed by atoms with Gasteiger partial charge in [-0.3, -0.25) is 0 Å². The van der Waals surface area contributed by atoms with Crippen LogP contribution in [0.4, 0.5) is 4.79 Å². The molecule has 0 spiro atoms. The highest BCUT2D eigenvalue weighted by molar-refractivity contribution is 9.09. The van der Waals surface area contributed by atoms with E-state index in [4.69, 9.17) is 4.74 Å². The van der Waals surface area contributed by atoms with Gasteiger partial charge in [-0.05, 0) is 33.1 Å². The summed E-state index contributed by atoms with van der Waals surface area (Å²) in [5.41, 5.74) is -0.431. The summed E-state index contributed by atoms with van der Waals surface area (Å²) in [6.07, 6.45) is 0.582. The van der Waals surface area contributed by atoms with Gasteiger partial charge in [-0.1, -0.05) is 29.8 Å². The minimum Gasteiger partial charge on any atom is -0.444 e. The fourth-order valence-electron chi connectivity index (χ4n) is 1.15. The fourth-order valence-corrected chi connectivity index (χ4v) is 1.64. The van der Waals surface area contributed by atoms with Crippen molar-refractivity contribution in [3.05, 3.63) is 0 Å². The number of halogens is 1. The van der Waals surface area contributed by atoms with Crippen molar-refractivity contribution in [2.75, 3.05) is 5.33 Å². The van der Waals surface area contributed by atoms with E-state index in [-0.39, 0.29) is 12.1 Å². The monoisotopic (exact) mass is 279 g/mol. The maximum absolute atomic E-state index is 11.5. The molecule has 3 nitrogen and oxygen atoms in total. The van der Waals surface area contributed by atoms with Crippen LogP contribution in [0.5, 0.6) is 0 Å². The van der Waals surface area contributed by atoms with Gasteiger partial charge in [0.15, 0.2) is 0 Å². The standard InChI is InChI=1S/C11H22BrNO2/c1-8(2)9(6-7-12)13-10(14)15-11(3,4)5/h8-9H,6-7H2,1-5H3,(H,13,14)/t9-/m1/s1. The quantitative estimate of drug-likeness (QED) is 0.802. The van der Waals surface area contributed by atoms with Crippen LogP contribution in [0.25, 0.3) is 0 Å². The molecule has 0 aromatic carbocycles. The average molecular weight is 280 g/mol. The summed E-state index contributed by atoms with van der Waals surface area (Å²) in [6, 6.07) is 0.166. The Morgan fingerprint density at radius 1 is 1.40 bits per heavy atom. The van der Waals surface area contributed by atoms with Crippen LogP contribution in [-0.2, 0) is 4.74 Å². The number of alkyl halides is 1. The number of alkyl carbamates (subject to hydrolysis) is 1. The number of rotatable bonds is 4. The van der Waals surface area contributed by atoms with Crippen molar-refractivity contribution < 1.29 is 9.53 Å². The molecule has 0 saturated heterocycles. The largest absolute Gasteiger partial charge is 0.444 e. The van der Waals surface area contributed by atoms with Crippen molar-refractivity contribution in [3.63, 3.8) is 0 Å². The van der Waals surface area contributed by atoms with E-state index in [1.165, 1.54) is 0 Å². The maximum atomic E-state index is 11.5. The van der Waals surface area contributed by atoms with Crippen LogP contribution < -0.4 is 5.32 Å². The Hall–Kier alpha value is -0.250. The summed E-state index contributed by atoms with van der Waals surface area (Å²) in [5, 5.41) is 3.76. The Morgan fingerprint density at radius 3 is 2.27 bits per heavy atom. The summed E-state index contributed by atoms with van der Waals surface area (Å²) in [5.74, 6) is 0.412. The smallest absolute Gasteiger partial charge is 0.407 e. The third-order valence-corrected chi connectivity index (χ3v) is 2.38. The molecule has 0 heterocycles. The summed E-state index contributed by atoms with van der Waals surface area (Å²) < 4.78 is 5.20. The van der Waals surface area contributed by atoms with Crippen molar-refractivity contribution >= 4 is 22.0 Å². The molecule has 0 unspecified atom stereocenters. The van der Waals surface area contributed by atoms with Gasteiger partial charge in [0.1, 0.15) is 5.60 Å². The lowest BCUT2D eigenvalue weighted by molar-refractivity contribution is 0.0489. The number of hydrogen-bond acceptors (Lipinski definition) is 2. The highest BCUT2D eigenvalue weighted by Crippen LogP contribution is 2.11. The molecule has 0 bridgehead atoms. The van der Waals surface area contributed by atoms with Gasteiger partial charge >= 0.3 is 6.09 Å². The molecule has 0 aromatic rings. The predicted molar refractivity (Wildman–Crippen MR) is 66.4 cm³/mol. The third kappa shape index (κ3) is 7.65. The van der Waals surface area contributed by atoms with Gasteiger partial charge in [-0.2, -0.15) is 0 Å². The van der Waals surface area contributed by atoms with Crippen molar-refractivity contribution in [3.8, 4) is 0 Å². The lowest BCUT2D eigenvalue weighted by Crippen LogP contribution is -2.41. The lowest BCUT2D eigenvalue weighted by Gasteiger charge is -2.25. The second kappa shape index (κ2) is 6.36. The fraction of sp³-hybridized carbons (Fsp3) is 0.909. The molecule has 1 amide bonds. The highest BCUT2D eigenvalue weighted by atomic mass is 79.9. The Kier molecular flexibility index (Phi) is 6.25. The first-order chi connectivity index (χ1) is 6.76. The van der Waals surface area contributed by atoms with Crippen molar-refractivity contribution in [1.82, 2.24) is 5.32 Å². The van der Waals surface area contributed by atoms with Crippen molar-refractivity contribution in [2.24, 2.45) is 5.92 Å². The topological polar surface area (TPSA) is 38.3 Å². The molecule has 15 heavy (non-hydrogen) atoms. The van der Waals surface area contributed by atoms with Gasteiger partial charge in [0.2, 0.25) is 0 Å². The molecule has 1 N–H and O–H groups in total. The lowest BCUT2D eigenvalue weighted by atomic mass is 10.0. The zero-order valence-corrected chi connectivity index (χ0v) is 11.8. The van der Waals surface area contributed by atoms with E-state index < -0.39 is 5.60 Å². The zero-order chi connectivity index (χ0) is 12.1. The van der Waals surface area contributed by atoms with Gasteiger partial charge < -0.3 is 10.1 Å². The van der Waals surface area contributed by atoms with E-state index in [1.54, 1.807) is 0 Å². The van der Waals surface area contributed by atoms with E-state index in [9.17, 15) is 4.79 Å². The van der Waals surface area contributed by atoms with E-state index >= 15 is 0 Å². The zero-order valence-electron chi connectivity index (χ0n) is 10.3.